The van der Waals surface area contributed by atoms with Crippen LogP contribution in [0.25, 0.3) is 11.1 Å². The fourth-order valence-electron chi connectivity index (χ4n) is 1.22. The maximum Gasteiger partial charge on any atom is 0.417 e. The zero-order valence-corrected chi connectivity index (χ0v) is 7.37. The minimum absolute atomic E-state index is 0.212. The van der Waals surface area contributed by atoms with Gasteiger partial charge in [-0.2, -0.15) is 10.2 Å². The third-order valence-electron chi connectivity index (χ3n) is 1.82. The summed E-state index contributed by atoms with van der Waals surface area (Å²) >= 11 is 0. The molecule has 0 aliphatic rings. The van der Waals surface area contributed by atoms with Gasteiger partial charge >= 0.3 is 5.76 Å². The zero-order chi connectivity index (χ0) is 9.42. The Morgan fingerprint density at radius 3 is 3.00 bits per heavy atom. The molecule has 0 unspecified atom stereocenters. The predicted molar refractivity (Wildman–Crippen MR) is 46.5 cm³/mol. The van der Waals surface area contributed by atoms with Crippen molar-refractivity contribution in [2.75, 3.05) is 0 Å². The molecule has 5 heteroatoms. The second kappa shape index (κ2) is 2.69. The minimum Gasteiger partial charge on any atom is -0.406 e. The van der Waals surface area contributed by atoms with Gasteiger partial charge < -0.3 is 4.42 Å². The molecule has 2 aromatic heterocycles. The second-order valence-electron chi connectivity index (χ2n) is 3.14. The van der Waals surface area contributed by atoms with E-state index in [1.807, 2.05) is 13.8 Å². The van der Waals surface area contributed by atoms with E-state index in [1.165, 1.54) is 6.20 Å². The van der Waals surface area contributed by atoms with Gasteiger partial charge in [0.1, 0.15) is 5.52 Å². The van der Waals surface area contributed by atoms with Gasteiger partial charge in [0.25, 0.3) is 0 Å². The van der Waals surface area contributed by atoms with Gasteiger partial charge in [0.15, 0.2) is 5.58 Å². The van der Waals surface area contributed by atoms with Crippen molar-refractivity contribution in [3.05, 3.63) is 22.4 Å². The van der Waals surface area contributed by atoms with E-state index in [0.717, 1.165) is 5.69 Å². The smallest absolute Gasteiger partial charge is 0.406 e. The Morgan fingerprint density at radius 1 is 1.54 bits per heavy atom. The van der Waals surface area contributed by atoms with Gasteiger partial charge in [0, 0.05) is 0 Å². The average molecular weight is 179 g/mol. The molecule has 0 amide bonds. The number of nitrogens with zero attached hydrogens (tertiary/aromatic N) is 2. The van der Waals surface area contributed by atoms with Crippen LogP contribution in [-0.4, -0.2) is 15.2 Å². The minimum atomic E-state index is -0.466. The van der Waals surface area contributed by atoms with E-state index in [0.29, 0.717) is 11.1 Å². The van der Waals surface area contributed by atoms with Gasteiger partial charge in [-0.05, 0) is 5.92 Å². The lowest BCUT2D eigenvalue weighted by Gasteiger charge is -2.01. The summed E-state index contributed by atoms with van der Waals surface area (Å²) < 4.78 is 4.85. The molecule has 0 fully saturated rings. The van der Waals surface area contributed by atoms with Gasteiger partial charge in [-0.15, -0.1) is 0 Å². The van der Waals surface area contributed by atoms with E-state index in [4.69, 9.17) is 4.42 Å². The van der Waals surface area contributed by atoms with Crippen molar-refractivity contribution < 1.29 is 4.42 Å². The van der Waals surface area contributed by atoms with Crippen molar-refractivity contribution in [3.63, 3.8) is 0 Å². The molecule has 13 heavy (non-hydrogen) atoms. The predicted octanol–water partition coefficient (Wildman–Crippen LogP) is 1.03. The van der Waals surface area contributed by atoms with Crippen molar-refractivity contribution in [1.82, 2.24) is 15.2 Å². The molecular weight excluding hydrogens is 170 g/mol. The third kappa shape index (κ3) is 1.22. The molecule has 0 aromatic carbocycles. The summed E-state index contributed by atoms with van der Waals surface area (Å²) in [5, 5.41) is 7.68. The molecule has 1 N–H and O–H groups in total. The summed E-state index contributed by atoms with van der Waals surface area (Å²) in [7, 11) is 0. The van der Waals surface area contributed by atoms with Crippen LogP contribution in [0.3, 0.4) is 0 Å². The van der Waals surface area contributed by atoms with Crippen LogP contribution in [0.15, 0.2) is 15.4 Å². The molecule has 5 nitrogen and oxygen atoms in total. The van der Waals surface area contributed by atoms with E-state index in [1.54, 1.807) is 0 Å². The van der Waals surface area contributed by atoms with Crippen LogP contribution in [0.5, 0.6) is 0 Å². The van der Waals surface area contributed by atoms with Crippen molar-refractivity contribution in [3.8, 4) is 0 Å². The number of fused-ring (bicyclic) bond motifs is 1. The molecule has 2 heterocycles. The van der Waals surface area contributed by atoms with E-state index < -0.39 is 5.76 Å². The lowest BCUT2D eigenvalue weighted by molar-refractivity contribution is 0.553. The number of hydrogen-bond donors (Lipinski definition) is 1. The van der Waals surface area contributed by atoms with Gasteiger partial charge in [0.2, 0.25) is 0 Å². The standard InChI is InChI=1S/C8H9N3O2/c1-4(2)6-7-5(3-9-11-6)13-8(12)10-7/h3-4H,1-2H3,(H,10,12). The largest absolute Gasteiger partial charge is 0.417 e. The topological polar surface area (TPSA) is 71.8 Å². The van der Waals surface area contributed by atoms with Crippen molar-refractivity contribution in [1.29, 1.82) is 0 Å². The van der Waals surface area contributed by atoms with Crippen molar-refractivity contribution >= 4 is 11.1 Å². The van der Waals surface area contributed by atoms with Gasteiger partial charge in [-0.25, -0.2) is 4.79 Å². The number of rotatable bonds is 1. The molecule has 0 spiro atoms. The second-order valence-corrected chi connectivity index (χ2v) is 3.14. The molecule has 2 rings (SSSR count). The molecule has 0 radical (unpaired) electrons. The molecule has 0 bridgehead atoms. The monoisotopic (exact) mass is 179 g/mol. The number of hydrogen-bond acceptors (Lipinski definition) is 4. The third-order valence-corrected chi connectivity index (χ3v) is 1.82. The normalized spacial score (nSPS) is 11.3. The van der Waals surface area contributed by atoms with Crippen LogP contribution in [0, 0.1) is 0 Å². The fraction of sp³-hybridized carbons (Fsp3) is 0.375. The Hall–Kier alpha value is -1.65. The van der Waals surface area contributed by atoms with Crippen LogP contribution in [0.4, 0.5) is 0 Å². The highest BCUT2D eigenvalue weighted by Gasteiger charge is 2.11. The molecule has 0 saturated carbocycles. The Labute approximate surface area is 73.8 Å². The van der Waals surface area contributed by atoms with Crippen LogP contribution in [0.2, 0.25) is 0 Å². The van der Waals surface area contributed by atoms with Gasteiger partial charge in [0.05, 0.1) is 11.9 Å². The highest BCUT2D eigenvalue weighted by atomic mass is 16.4. The highest BCUT2D eigenvalue weighted by molar-refractivity contribution is 5.73. The summed E-state index contributed by atoms with van der Waals surface area (Å²) in [5.74, 6) is -0.254. The van der Waals surface area contributed by atoms with Crippen molar-refractivity contribution in [2.45, 2.75) is 19.8 Å². The summed E-state index contributed by atoms with van der Waals surface area (Å²) in [5.41, 5.74) is 1.86. The first kappa shape index (κ1) is 7.97. The molecule has 68 valence electrons. The quantitative estimate of drug-likeness (QED) is 0.709. The van der Waals surface area contributed by atoms with E-state index in [2.05, 4.69) is 15.2 Å². The number of aromatic nitrogens is 3. The SMILES string of the molecule is CC(C)c1nncc2oc(=O)[nH]c12. The number of nitrogens with one attached hydrogen (secondary N) is 1. The first-order valence-electron chi connectivity index (χ1n) is 4.03. The highest BCUT2D eigenvalue weighted by Crippen LogP contribution is 2.18. The Kier molecular flexibility index (Phi) is 1.65. The summed E-state index contributed by atoms with van der Waals surface area (Å²) in [6, 6.07) is 0. The molecule has 0 atom stereocenters. The zero-order valence-electron chi connectivity index (χ0n) is 7.37. The molecule has 0 aliphatic heterocycles. The van der Waals surface area contributed by atoms with Crippen LogP contribution < -0.4 is 5.76 Å². The van der Waals surface area contributed by atoms with E-state index in [9.17, 15) is 4.79 Å². The van der Waals surface area contributed by atoms with E-state index >= 15 is 0 Å². The molecule has 0 aliphatic carbocycles. The van der Waals surface area contributed by atoms with E-state index in [-0.39, 0.29) is 5.92 Å². The lowest BCUT2D eigenvalue weighted by atomic mass is 10.1. The van der Waals surface area contributed by atoms with Gasteiger partial charge in [-0.3, -0.25) is 4.98 Å². The van der Waals surface area contributed by atoms with Crippen LogP contribution in [0.1, 0.15) is 25.5 Å². The first-order valence-corrected chi connectivity index (χ1v) is 4.03. The maximum atomic E-state index is 10.9. The molecule has 2 aromatic rings. The maximum absolute atomic E-state index is 10.9. The Balaban J connectivity index is 2.82. The average Bonchev–Trinajstić information content (AvgIpc) is 2.43. The van der Waals surface area contributed by atoms with Crippen LogP contribution in [-0.2, 0) is 0 Å². The van der Waals surface area contributed by atoms with Gasteiger partial charge in [-0.1, -0.05) is 13.8 Å². The van der Waals surface area contributed by atoms with Crippen LogP contribution >= 0.6 is 0 Å². The number of H-pyrrole nitrogens is 1. The first-order chi connectivity index (χ1) is 6.18. The number of oxazole rings is 1. The summed E-state index contributed by atoms with van der Waals surface area (Å²) in [6.07, 6.45) is 1.43. The Bertz CT molecular complexity index is 483. The lowest BCUT2D eigenvalue weighted by Crippen LogP contribution is -1.98. The molecular formula is C8H9N3O2. The number of aromatic amines is 1. The summed E-state index contributed by atoms with van der Waals surface area (Å²) in [4.78, 5) is 13.5. The Morgan fingerprint density at radius 2 is 2.31 bits per heavy atom. The van der Waals surface area contributed by atoms with Crippen molar-refractivity contribution in [2.24, 2.45) is 0 Å². The molecule has 0 saturated heterocycles. The summed E-state index contributed by atoms with van der Waals surface area (Å²) in [6.45, 7) is 3.96. The fourth-order valence-corrected chi connectivity index (χ4v) is 1.22.